The second-order valence-corrected chi connectivity index (χ2v) is 6.32. The summed E-state index contributed by atoms with van der Waals surface area (Å²) in [6, 6.07) is 8.20. The zero-order valence-electron chi connectivity index (χ0n) is 15.2. The highest BCUT2D eigenvalue weighted by atomic mass is 16.5. The highest BCUT2D eigenvalue weighted by Crippen LogP contribution is 2.32. The first-order chi connectivity index (χ1) is 12.4. The van der Waals surface area contributed by atoms with Crippen LogP contribution in [0.1, 0.15) is 45.5 Å². The third-order valence-electron chi connectivity index (χ3n) is 4.05. The molecule has 2 heterocycles. The number of Topliss-reactive ketones (excluding diaryl/α,β-unsaturated/α-hetero) is 1. The monoisotopic (exact) mass is 355 g/mol. The maximum Gasteiger partial charge on any atom is 0.336 e. The van der Waals surface area contributed by atoms with Gasteiger partial charge < -0.3 is 13.7 Å². The average Bonchev–Trinajstić information content (AvgIpc) is 3.20. The van der Waals surface area contributed by atoms with Gasteiger partial charge in [0.1, 0.15) is 5.69 Å². The molecule has 0 bridgehead atoms. The van der Waals surface area contributed by atoms with E-state index in [4.69, 9.17) is 9.15 Å². The molecule has 0 aliphatic carbocycles. The van der Waals surface area contributed by atoms with Crippen LogP contribution in [-0.4, -0.2) is 33.1 Å². The minimum atomic E-state index is -1.11. The van der Waals surface area contributed by atoms with Crippen molar-refractivity contribution >= 4 is 22.7 Å². The Kier molecular flexibility index (Phi) is 4.88. The molecule has 0 N–H and O–H groups in total. The maximum absolute atomic E-state index is 12.5. The van der Waals surface area contributed by atoms with Gasteiger partial charge in [-0.05, 0) is 26.0 Å². The number of fused-ring (bicyclic) bond motifs is 1. The Morgan fingerprint density at radius 2 is 1.96 bits per heavy atom. The van der Waals surface area contributed by atoms with Crippen molar-refractivity contribution in [1.82, 2.24) is 14.8 Å². The van der Waals surface area contributed by atoms with Crippen LogP contribution in [0, 0.1) is 0 Å². The lowest BCUT2D eigenvalue weighted by Gasteiger charge is -2.18. The number of benzene rings is 1. The van der Waals surface area contributed by atoms with Gasteiger partial charge in [-0.3, -0.25) is 4.79 Å². The number of esters is 1. The predicted octanol–water partition coefficient (Wildman–Crippen LogP) is 3.51. The Morgan fingerprint density at radius 1 is 1.23 bits per heavy atom. The van der Waals surface area contributed by atoms with E-state index in [2.05, 4.69) is 10.2 Å². The molecule has 0 aliphatic heterocycles. The molecule has 0 aliphatic rings. The fourth-order valence-electron chi connectivity index (χ4n) is 2.86. The molecular formula is C19H21N3O4. The quantitative estimate of drug-likeness (QED) is 0.497. The van der Waals surface area contributed by atoms with Crippen molar-refractivity contribution in [1.29, 1.82) is 0 Å². The van der Waals surface area contributed by atoms with Gasteiger partial charge in [0, 0.05) is 16.8 Å². The minimum absolute atomic E-state index is 0.0720. The van der Waals surface area contributed by atoms with Crippen LogP contribution in [0.2, 0.25) is 0 Å². The molecule has 0 amide bonds. The predicted molar refractivity (Wildman–Crippen MR) is 95.7 cm³/mol. The first-order valence-electron chi connectivity index (χ1n) is 8.54. The van der Waals surface area contributed by atoms with E-state index < -0.39 is 12.0 Å². The number of ether oxygens (including phenoxy) is 1. The van der Waals surface area contributed by atoms with Crippen molar-refractivity contribution in [3.63, 3.8) is 0 Å². The zero-order chi connectivity index (χ0) is 18.8. The van der Waals surface area contributed by atoms with E-state index in [9.17, 15) is 9.59 Å². The highest BCUT2D eigenvalue weighted by molar-refractivity contribution is 6.02. The molecule has 0 saturated carbocycles. The normalized spacial score (nSPS) is 12.5. The van der Waals surface area contributed by atoms with E-state index in [0.717, 1.165) is 10.9 Å². The maximum atomic E-state index is 12.5. The molecule has 26 heavy (non-hydrogen) atoms. The largest absolute Gasteiger partial charge is 0.464 e. The second kappa shape index (κ2) is 7.11. The molecule has 136 valence electrons. The van der Waals surface area contributed by atoms with E-state index in [1.54, 1.807) is 11.5 Å². The van der Waals surface area contributed by atoms with Gasteiger partial charge in [0.15, 0.2) is 11.8 Å². The summed E-state index contributed by atoms with van der Waals surface area (Å²) in [7, 11) is 0. The van der Waals surface area contributed by atoms with Gasteiger partial charge in [-0.2, -0.15) is 0 Å². The number of rotatable bonds is 6. The van der Waals surface area contributed by atoms with Crippen molar-refractivity contribution < 1.29 is 18.7 Å². The summed E-state index contributed by atoms with van der Waals surface area (Å²) in [6.45, 7) is 7.16. The molecule has 7 nitrogen and oxygen atoms in total. The van der Waals surface area contributed by atoms with Crippen LogP contribution in [0.25, 0.3) is 22.5 Å². The number of hydrogen-bond donors (Lipinski definition) is 0. The van der Waals surface area contributed by atoms with Gasteiger partial charge >= 0.3 is 5.97 Å². The molecule has 2 aromatic heterocycles. The van der Waals surface area contributed by atoms with Crippen molar-refractivity contribution in [3.8, 4) is 11.6 Å². The third kappa shape index (κ3) is 3.12. The number of carbonyl (C=O) groups excluding carboxylic acids is 2. The Balaban J connectivity index is 2.24. The summed E-state index contributed by atoms with van der Waals surface area (Å²) in [6.07, 6.45) is 0. The minimum Gasteiger partial charge on any atom is -0.464 e. The van der Waals surface area contributed by atoms with Crippen LogP contribution in [-0.2, 0) is 14.3 Å². The molecule has 0 spiro atoms. The SMILES string of the molecule is CCOC(=O)C(C(C)=O)n1c(-c2nnc(C(C)C)o2)cc2ccccc21. The van der Waals surface area contributed by atoms with Crippen molar-refractivity contribution in [2.24, 2.45) is 0 Å². The summed E-state index contributed by atoms with van der Waals surface area (Å²) >= 11 is 0. The van der Waals surface area contributed by atoms with Crippen molar-refractivity contribution in [2.75, 3.05) is 6.61 Å². The molecule has 3 aromatic rings. The van der Waals surface area contributed by atoms with Crippen LogP contribution in [0.4, 0.5) is 0 Å². The molecule has 3 rings (SSSR count). The van der Waals surface area contributed by atoms with E-state index >= 15 is 0 Å². The van der Waals surface area contributed by atoms with Crippen molar-refractivity contribution in [2.45, 2.75) is 39.7 Å². The Morgan fingerprint density at radius 3 is 2.58 bits per heavy atom. The fraction of sp³-hybridized carbons (Fsp3) is 0.368. The van der Waals surface area contributed by atoms with E-state index in [1.165, 1.54) is 6.92 Å². The Bertz CT molecular complexity index is 955. The molecular weight excluding hydrogens is 334 g/mol. The van der Waals surface area contributed by atoms with Gasteiger partial charge in [-0.25, -0.2) is 4.79 Å². The molecule has 1 aromatic carbocycles. The van der Waals surface area contributed by atoms with Crippen LogP contribution >= 0.6 is 0 Å². The summed E-state index contributed by atoms with van der Waals surface area (Å²) in [5.74, 6) is -0.101. The highest BCUT2D eigenvalue weighted by Gasteiger charge is 2.31. The molecule has 0 radical (unpaired) electrons. The molecule has 1 unspecified atom stereocenters. The lowest BCUT2D eigenvalue weighted by Crippen LogP contribution is -2.28. The number of ketones is 1. The second-order valence-electron chi connectivity index (χ2n) is 6.32. The molecule has 7 heteroatoms. The molecule has 1 atom stereocenters. The zero-order valence-corrected chi connectivity index (χ0v) is 15.2. The van der Waals surface area contributed by atoms with Crippen LogP contribution in [0.15, 0.2) is 34.7 Å². The topological polar surface area (TPSA) is 87.2 Å². The number of carbonyl (C=O) groups is 2. The third-order valence-corrected chi connectivity index (χ3v) is 4.05. The first kappa shape index (κ1) is 17.8. The smallest absolute Gasteiger partial charge is 0.336 e. The van der Waals surface area contributed by atoms with Gasteiger partial charge in [0.05, 0.1) is 6.61 Å². The Hall–Kier alpha value is -2.96. The van der Waals surface area contributed by atoms with E-state index in [-0.39, 0.29) is 24.2 Å². The lowest BCUT2D eigenvalue weighted by molar-refractivity contribution is -0.149. The fourth-order valence-corrected chi connectivity index (χ4v) is 2.86. The van der Waals surface area contributed by atoms with Crippen LogP contribution in [0.3, 0.4) is 0 Å². The summed E-state index contributed by atoms with van der Waals surface area (Å²) in [4.78, 5) is 24.8. The Labute approximate surface area is 151 Å². The number of aromatic nitrogens is 3. The molecule has 0 saturated heterocycles. The number of nitrogens with zero attached hydrogens (tertiary/aromatic N) is 3. The number of para-hydroxylation sites is 1. The standard InChI is InChI=1S/C19H21N3O4/c1-5-25-19(24)16(12(4)23)22-14-9-7-6-8-13(14)10-15(22)18-21-20-17(26-18)11(2)3/h6-11,16H,5H2,1-4H3. The number of hydrogen-bond acceptors (Lipinski definition) is 6. The van der Waals surface area contributed by atoms with Gasteiger partial charge in [0.25, 0.3) is 5.89 Å². The van der Waals surface area contributed by atoms with E-state index in [0.29, 0.717) is 11.6 Å². The average molecular weight is 355 g/mol. The van der Waals surface area contributed by atoms with Gasteiger partial charge in [-0.15, -0.1) is 10.2 Å². The van der Waals surface area contributed by atoms with Gasteiger partial charge in [-0.1, -0.05) is 32.0 Å². The summed E-state index contributed by atoms with van der Waals surface area (Å²) in [5.41, 5.74) is 1.24. The lowest BCUT2D eigenvalue weighted by atomic mass is 10.2. The summed E-state index contributed by atoms with van der Waals surface area (Å²) in [5, 5.41) is 9.03. The van der Waals surface area contributed by atoms with Gasteiger partial charge in [0.2, 0.25) is 5.89 Å². The van der Waals surface area contributed by atoms with Crippen LogP contribution in [0.5, 0.6) is 0 Å². The van der Waals surface area contributed by atoms with Crippen LogP contribution < -0.4 is 0 Å². The first-order valence-corrected chi connectivity index (χ1v) is 8.54. The molecule has 0 fully saturated rings. The van der Waals surface area contributed by atoms with E-state index in [1.807, 2.05) is 44.2 Å². The summed E-state index contributed by atoms with van der Waals surface area (Å²) < 4.78 is 12.5. The van der Waals surface area contributed by atoms with Crippen molar-refractivity contribution in [3.05, 3.63) is 36.2 Å².